The minimum atomic E-state index is 0.690. The fraction of sp³-hybridized carbons (Fsp3) is 0.200. The van der Waals surface area contributed by atoms with Crippen LogP contribution >= 0.6 is 11.8 Å². The molecule has 0 fully saturated rings. The number of hydrogen-bond donors (Lipinski definition) is 1. The van der Waals surface area contributed by atoms with Crippen LogP contribution in [0.2, 0.25) is 0 Å². The van der Waals surface area contributed by atoms with Crippen LogP contribution in [0.25, 0.3) is 10.9 Å². The van der Waals surface area contributed by atoms with Gasteiger partial charge in [0, 0.05) is 17.7 Å². The van der Waals surface area contributed by atoms with E-state index in [2.05, 4.69) is 41.3 Å². The number of benzene rings is 1. The van der Waals surface area contributed by atoms with Gasteiger partial charge in [0.25, 0.3) is 0 Å². The summed E-state index contributed by atoms with van der Waals surface area (Å²) >= 11 is 1.68. The molecule has 0 aliphatic rings. The zero-order valence-corrected chi connectivity index (χ0v) is 12.1. The Morgan fingerprint density at radius 1 is 1.20 bits per heavy atom. The highest BCUT2D eigenvalue weighted by Crippen LogP contribution is 2.26. The SMILES string of the molecule is CCn1nc(CSc2ccc(N)cn2)c2ccccc21. The molecule has 5 heteroatoms. The van der Waals surface area contributed by atoms with Crippen LogP contribution in [0.3, 0.4) is 0 Å². The summed E-state index contributed by atoms with van der Waals surface area (Å²) in [5, 5.41) is 6.87. The molecule has 2 heterocycles. The molecule has 0 bridgehead atoms. The van der Waals surface area contributed by atoms with Gasteiger partial charge in [-0.25, -0.2) is 4.98 Å². The first kappa shape index (κ1) is 13.0. The van der Waals surface area contributed by atoms with Gasteiger partial charge in [-0.05, 0) is 25.1 Å². The zero-order chi connectivity index (χ0) is 13.9. The van der Waals surface area contributed by atoms with Gasteiger partial charge < -0.3 is 5.73 Å². The second-order valence-corrected chi connectivity index (χ2v) is 5.49. The Bertz CT molecular complexity index is 718. The Labute approximate surface area is 122 Å². The number of nitrogen functional groups attached to an aromatic ring is 1. The largest absolute Gasteiger partial charge is 0.397 e. The van der Waals surface area contributed by atoms with Crippen molar-refractivity contribution in [2.75, 3.05) is 5.73 Å². The molecule has 0 aliphatic heterocycles. The van der Waals surface area contributed by atoms with Crippen molar-refractivity contribution < 1.29 is 0 Å². The topological polar surface area (TPSA) is 56.7 Å². The molecular formula is C15H16N4S. The third-order valence-corrected chi connectivity index (χ3v) is 4.11. The summed E-state index contributed by atoms with van der Waals surface area (Å²) < 4.78 is 2.04. The van der Waals surface area contributed by atoms with Crippen LogP contribution in [-0.2, 0) is 12.3 Å². The van der Waals surface area contributed by atoms with Crippen molar-refractivity contribution in [3.63, 3.8) is 0 Å². The summed E-state index contributed by atoms with van der Waals surface area (Å²) in [6.45, 7) is 2.99. The quantitative estimate of drug-likeness (QED) is 0.747. The number of thioether (sulfide) groups is 1. The molecule has 0 unspecified atom stereocenters. The lowest BCUT2D eigenvalue weighted by atomic mass is 10.2. The monoisotopic (exact) mass is 284 g/mol. The van der Waals surface area contributed by atoms with Gasteiger partial charge >= 0.3 is 0 Å². The van der Waals surface area contributed by atoms with Crippen LogP contribution < -0.4 is 5.73 Å². The van der Waals surface area contributed by atoms with E-state index in [0.717, 1.165) is 23.0 Å². The number of nitrogens with two attached hydrogens (primary N) is 1. The van der Waals surface area contributed by atoms with Gasteiger partial charge in [-0.3, -0.25) is 4.68 Å². The maximum atomic E-state index is 5.64. The lowest BCUT2D eigenvalue weighted by Crippen LogP contribution is -1.96. The Hall–Kier alpha value is -2.01. The summed E-state index contributed by atoms with van der Waals surface area (Å²) in [5.74, 6) is 0.810. The van der Waals surface area contributed by atoms with E-state index in [-0.39, 0.29) is 0 Å². The summed E-state index contributed by atoms with van der Waals surface area (Å²) in [6.07, 6.45) is 1.69. The van der Waals surface area contributed by atoms with Gasteiger partial charge in [-0.2, -0.15) is 5.10 Å². The number of aryl methyl sites for hydroxylation is 1. The van der Waals surface area contributed by atoms with E-state index in [9.17, 15) is 0 Å². The molecule has 0 saturated carbocycles. The van der Waals surface area contributed by atoms with E-state index >= 15 is 0 Å². The minimum Gasteiger partial charge on any atom is -0.397 e. The van der Waals surface area contributed by atoms with Gasteiger partial charge in [0.15, 0.2) is 0 Å². The van der Waals surface area contributed by atoms with Crippen LogP contribution in [-0.4, -0.2) is 14.8 Å². The Morgan fingerprint density at radius 2 is 2.05 bits per heavy atom. The Balaban J connectivity index is 1.85. The second kappa shape index (κ2) is 5.54. The molecule has 0 spiro atoms. The number of rotatable bonds is 4. The van der Waals surface area contributed by atoms with Crippen LogP contribution in [0.15, 0.2) is 47.6 Å². The van der Waals surface area contributed by atoms with Crippen LogP contribution in [0.4, 0.5) is 5.69 Å². The standard InChI is InChI=1S/C15H16N4S/c1-2-19-14-6-4-3-5-12(14)13(18-19)10-20-15-8-7-11(16)9-17-15/h3-9H,2,10,16H2,1H3. The number of aromatic nitrogens is 3. The highest BCUT2D eigenvalue weighted by Gasteiger charge is 2.09. The van der Waals surface area contributed by atoms with Crippen molar-refractivity contribution in [3.05, 3.63) is 48.3 Å². The maximum Gasteiger partial charge on any atom is 0.0965 e. The molecule has 1 aromatic carbocycles. The van der Waals surface area contributed by atoms with E-state index in [4.69, 9.17) is 5.73 Å². The molecule has 102 valence electrons. The van der Waals surface area contributed by atoms with Gasteiger partial charge in [0.1, 0.15) is 0 Å². The Kier molecular flexibility index (Phi) is 3.60. The molecule has 4 nitrogen and oxygen atoms in total. The first-order valence-corrected chi connectivity index (χ1v) is 7.55. The molecule has 3 aromatic rings. The third kappa shape index (κ3) is 2.49. The molecular weight excluding hydrogens is 268 g/mol. The van der Waals surface area contributed by atoms with E-state index in [1.54, 1.807) is 18.0 Å². The zero-order valence-electron chi connectivity index (χ0n) is 11.3. The highest BCUT2D eigenvalue weighted by molar-refractivity contribution is 7.98. The van der Waals surface area contributed by atoms with E-state index in [1.807, 2.05) is 16.8 Å². The van der Waals surface area contributed by atoms with Crippen molar-refractivity contribution in [2.45, 2.75) is 24.2 Å². The molecule has 0 aliphatic carbocycles. The van der Waals surface area contributed by atoms with Gasteiger partial charge in [-0.1, -0.05) is 30.0 Å². The van der Waals surface area contributed by atoms with Crippen LogP contribution in [0.1, 0.15) is 12.6 Å². The van der Waals surface area contributed by atoms with E-state index in [0.29, 0.717) is 5.69 Å². The molecule has 0 amide bonds. The molecule has 2 aromatic heterocycles. The Morgan fingerprint density at radius 3 is 2.80 bits per heavy atom. The average Bonchev–Trinajstić information content (AvgIpc) is 2.85. The molecule has 0 atom stereocenters. The van der Waals surface area contributed by atoms with Crippen LogP contribution in [0.5, 0.6) is 0 Å². The predicted molar refractivity (Wildman–Crippen MR) is 83.6 cm³/mol. The fourth-order valence-corrected chi connectivity index (χ4v) is 2.95. The highest BCUT2D eigenvalue weighted by atomic mass is 32.2. The molecule has 20 heavy (non-hydrogen) atoms. The van der Waals surface area contributed by atoms with Gasteiger partial charge in [0.2, 0.25) is 0 Å². The smallest absolute Gasteiger partial charge is 0.0965 e. The van der Waals surface area contributed by atoms with Crippen molar-refractivity contribution in [3.8, 4) is 0 Å². The van der Waals surface area contributed by atoms with Gasteiger partial charge in [0.05, 0.1) is 28.1 Å². The van der Waals surface area contributed by atoms with Gasteiger partial charge in [-0.15, -0.1) is 0 Å². The predicted octanol–water partition coefficient (Wildman–Crippen LogP) is 3.33. The first-order valence-electron chi connectivity index (χ1n) is 6.56. The summed E-state index contributed by atoms with van der Waals surface area (Å²) in [5.41, 5.74) is 8.63. The number of anilines is 1. The molecule has 0 radical (unpaired) electrons. The minimum absolute atomic E-state index is 0.690. The van der Waals surface area contributed by atoms with Crippen molar-refractivity contribution >= 4 is 28.4 Å². The summed E-state index contributed by atoms with van der Waals surface area (Å²) in [4.78, 5) is 4.30. The third-order valence-electron chi connectivity index (χ3n) is 3.15. The second-order valence-electron chi connectivity index (χ2n) is 4.50. The first-order chi connectivity index (χ1) is 9.78. The number of fused-ring (bicyclic) bond motifs is 1. The van der Waals surface area contributed by atoms with Crippen LogP contribution in [0, 0.1) is 0 Å². The van der Waals surface area contributed by atoms with Crippen molar-refractivity contribution in [1.82, 2.24) is 14.8 Å². The number of nitrogens with zero attached hydrogens (tertiary/aromatic N) is 3. The lowest BCUT2D eigenvalue weighted by Gasteiger charge is -1.99. The average molecular weight is 284 g/mol. The molecule has 2 N–H and O–H groups in total. The van der Waals surface area contributed by atoms with Crippen molar-refractivity contribution in [1.29, 1.82) is 0 Å². The van der Waals surface area contributed by atoms with E-state index in [1.165, 1.54) is 10.9 Å². The molecule has 0 saturated heterocycles. The number of para-hydroxylation sites is 1. The number of pyridine rings is 1. The summed E-state index contributed by atoms with van der Waals surface area (Å²) in [7, 11) is 0. The lowest BCUT2D eigenvalue weighted by molar-refractivity contribution is 0.675. The number of hydrogen-bond acceptors (Lipinski definition) is 4. The summed E-state index contributed by atoms with van der Waals surface area (Å²) in [6, 6.07) is 12.2. The maximum absolute atomic E-state index is 5.64. The molecule has 3 rings (SSSR count). The van der Waals surface area contributed by atoms with Crippen molar-refractivity contribution in [2.24, 2.45) is 0 Å². The fourth-order valence-electron chi connectivity index (χ4n) is 2.16. The normalized spacial score (nSPS) is 11.1. The van der Waals surface area contributed by atoms with E-state index < -0.39 is 0 Å².